The van der Waals surface area contributed by atoms with Crippen LogP contribution in [0.25, 0.3) is 10.9 Å². The number of aromatic nitrogens is 3. The number of nitrogens with two attached hydrogens (primary N) is 2. The van der Waals surface area contributed by atoms with E-state index in [4.69, 9.17) is 11.5 Å². The molecule has 9 heteroatoms. The largest absolute Gasteiger partial charge is 0.364 e. The average Bonchev–Trinajstić information content (AvgIpc) is 2.70. The molecule has 8 nitrogen and oxygen atoms in total. The number of fused-ring (bicyclic) bond motifs is 1. The number of nitrogens with zero attached hydrogens (tertiary/aromatic N) is 3. The highest BCUT2D eigenvalue weighted by Gasteiger charge is 2.23. The Bertz CT molecular complexity index is 1060. The van der Waals surface area contributed by atoms with E-state index >= 15 is 0 Å². The van der Waals surface area contributed by atoms with Gasteiger partial charge >= 0.3 is 0 Å². The Labute approximate surface area is 166 Å². The molecular weight excluding hydrogens is 373 g/mol. The van der Waals surface area contributed by atoms with Gasteiger partial charge in [-0.25, -0.2) is 14.4 Å². The van der Waals surface area contributed by atoms with Crippen LogP contribution in [0.1, 0.15) is 36.2 Å². The van der Waals surface area contributed by atoms with E-state index < -0.39 is 11.7 Å². The standard InChI is InChI=1S/C20H22FN7O/c21-13-9-12(8-11-4-3-7-24-17(11)13)26-20-18(19(23)29)25-10-16(28-20)27-15-6-2-1-5-14(15)22/h3-4,7-10,14-15H,1-2,5-6,22H2,(H2,23,29)(H2,26,27,28)/t14-,15+/m0/s1. The number of amides is 1. The lowest BCUT2D eigenvalue weighted by molar-refractivity contribution is 0.0996. The lowest BCUT2D eigenvalue weighted by atomic mass is 9.91. The number of primary amides is 1. The number of nitrogens with one attached hydrogen (secondary N) is 2. The molecule has 1 saturated carbocycles. The van der Waals surface area contributed by atoms with Crippen LogP contribution in [0.3, 0.4) is 0 Å². The zero-order chi connectivity index (χ0) is 20.4. The lowest BCUT2D eigenvalue weighted by Gasteiger charge is -2.29. The fourth-order valence-electron chi connectivity index (χ4n) is 3.61. The summed E-state index contributed by atoms with van der Waals surface area (Å²) in [5, 5.41) is 6.87. The van der Waals surface area contributed by atoms with Crippen LogP contribution >= 0.6 is 0 Å². The summed E-state index contributed by atoms with van der Waals surface area (Å²) in [4.78, 5) is 24.4. The highest BCUT2D eigenvalue weighted by Crippen LogP contribution is 2.26. The Morgan fingerprint density at radius 1 is 1.21 bits per heavy atom. The Morgan fingerprint density at radius 3 is 2.83 bits per heavy atom. The molecular formula is C20H22FN7O. The number of halogens is 1. The molecule has 2 atom stereocenters. The van der Waals surface area contributed by atoms with E-state index in [1.165, 1.54) is 18.5 Å². The molecule has 4 rings (SSSR count). The summed E-state index contributed by atoms with van der Waals surface area (Å²) in [6.07, 6.45) is 7.07. The molecule has 0 radical (unpaired) electrons. The molecule has 2 heterocycles. The molecule has 1 aromatic carbocycles. The third kappa shape index (κ3) is 4.09. The quantitative estimate of drug-likeness (QED) is 0.522. The van der Waals surface area contributed by atoms with E-state index in [0.29, 0.717) is 16.9 Å². The molecule has 1 fully saturated rings. The molecule has 0 spiro atoms. The summed E-state index contributed by atoms with van der Waals surface area (Å²) >= 11 is 0. The molecule has 3 aromatic rings. The second-order valence-corrected chi connectivity index (χ2v) is 7.17. The zero-order valence-corrected chi connectivity index (χ0v) is 15.7. The highest BCUT2D eigenvalue weighted by molar-refractivity contribution is 5.96. The predicted molar refractivity (Wildman–Crippen MR) is 109 cm³/mol. The van der Waals surface area contributed by atoms with Crippen molar-refractivity contribution in [3.63, 3.8) is 0 Å². The maximum Gasteiger partial charge on any atom is 0.271 e. The number of anilines is 3. The van der Waals surface area contributed by atoms with Gasteiger partial charge < -0.3 is 22.1 Å². The molecule has 0 aliphatic heterocycles. The monoisotopic (exact) mass is 395 g/mol. The second-order valence-electron chi connectivity index (χ2n) is 7.17. The van der Waals surface area contributed by atoms with Crippen LogP contribution in [0.4, 0.5) is 21.7 Å². The van der Waals surface area contributed by atoms with Gasteiger partial charge in [-0.05, 0) is 31.0 Å². The summed E-state index contributed by atoms with van der Waals surface area (Å²) in [6, 6.07) is 6.58. The topological polar surface area (TPSA) is 132 Å². The first kappa shape index (κ1) is 19.0. The highest BCUT2D eigenvalue weighted by atomic mass is 19.1. The average molecular weight is 395 g/mol. The van der Waals surface area contributed by atoms with Crippen LogP contribution in [0.2, 0.25) is 0 Å². The molecule has 150 valence electrons. The van der Waals surface area contributed by atoms with Gasteiger partial charge in [0.1, 0.15) is 11.3 Å². The van der Waals surface area contributed by atoms with Crippen LogP contribution < -0.4 is 22.1 Å². The fourth-order valence-corrected chi connectivity index (χ4v) is 3.61. The normalized spacial score (nSPS) is 19.1. The minimum absolute atomic E-state index is 0.0276. The van der Waals surface area contributed by atoms with E-state index in [2.05, 4.69) is 25.6 Å². The third-order valence-electron chi connectivity index (χ3n) is 5.08. The number of hydrogen-bond acceptors (Lipinski definition) is 7. The summed E-state index contributed by atoms with van der Waals surface area (Å²) < 4.78 is 14.4. The Morgan fingerprint density at radius 2 is 2.03 bits per heavy atom. The molecule has 29 heavy (non-hydrogen) atoms. The first-order chi connectivity index (χ1) is 14.0. The summed E-state index contributed by atoms with van der Waals surface area (Å²) in [5.74, 6) is -0.595. The van der Waals surface area contributed by atoms with E-state index in [1.54, 1.807) is 18.2 Å². The Balaban J connectivity index is 1.65. The Hall–Kier alpha value is -3.33. The fraction of sp³-hybridized carbons (Fsp3) is 0.300. The van der Waals surface area contributed by atoms with Crippen molar-refractivity contribution in [2.24, 2.45) is 11.5 Å². The van der Waals surface area contributed by atoms with Crippen LogP contribution in [0, 0.1) is 5.82 Å². The second kappa shape index (κ2) is 7.96. The molecule has 1 amide bonds. The maximum atomic E-state index is 14.4. The summed E-state index contributed by atoms with van der Waals surface area (Å²) in [6.45, 7) is 0. The first-order valence-corrected chi connectivity index (χ1v) is 9.51. The van der Waals surface area contributed by atoms with Gasteiger partial charge in [-0.15, -0.1) is 0 Å². The zero-order valence-electron chi connectivity index (χ0n) is 15.7. The van der Waals surface area contributed by atoms with Crippen molar-refractivity contribution in [1.82, 2.24) is 15.0 Å². The Kier molecular flexibility index (Phi) is 5.22. The van der Waals surface area contributed by atoms with Gasteiger partial charge in [0.05, 0.1) is 6.20 Å². The van der Waals surface area contributed by atoms with Gasteiger partial charge in [0.2, 0.25) is 0 Å². The number of rotatable bonds is 5. The minimum Gasteiger partial charge on any atom is -0.364 e. The van der Waals surface area contributed by atoms with E-state index in [0.717, 1.165) is 25.7 Å². The molecule has 6 N–H and O–H groups in total. The predicted octanol–water partition coefficient (Wildman–Crippen LogP) is 2.69. The van der Waals surface area contributed by atoms with Crippen molar-refractivity contribution in [2.45, 2.75) is 37.8 Å². The number of benzene rings is 1. The van der Waals surface area contributed by atoms with Gasteiger partial charge in [-0.1, -0.05) is 18.9 Å². The van der Waals surface area contributed by atoms with E-state index in [1.807, 2.05) is 0 Å². The molecule has 0 saturated heterocycles. The van der Waals surface area contributed by atoms with Crippen molar-refractivity contribution >= 4 is 34.1 Å². The molecule has 0 bridgehead atoms. The lowest BCUT2D eigenvalue weighted by Crippen LogP contribution is -2.42. The van der Waals surface area contributed by atoms with Crippen LogP contribution in [0.15, 0.2) is 36.7 Å². The number of carbonyl (C=O) groups is 1. The van der Waals surface area contributed by atoms with Crippen molar-refractivity contribution in [3.8, 4) is 0 Å². The number of carbonyl (C=O) groups excluding carboxylic acids is 1. The summed E-state index contributed by atoms with van der Waals surface area (Å²) in [7, 11) is 0. The van der Waals surface area contributed by atoms with Gasteiger partial charge in [-0.2, -0.15) is 0 Å². The minimum atomic E-state index is -0.733. The van der Waals surface area contributed by atoms with Crippen LogP contribution in [0.5, 0.6) is 0 Å². The van der Waals surface area contributed by atoms with Crippen LogP contribution in [-0.4, -0.2) is 32.9 Å². The third-order valence-corrected chi connectivity index (χ3v) is 5.08. The van der Waals surface area contributed by atoms with Crippen molar-refractivity contribution in [1.29, 1.82) is 0 Å². The SMILES string of the molecule is NC(=O)c1ncc(N[C@@H]2CCCC[C@@H]2N)nc1Nc1cc(F)c2ncccc2c1. The molecule has 1 aliphatic carbocycles. The number of pyridine rings is 1. The van der Waals surface area contributed by atoms with Crippen molar-refractivity contribution in [2.75, 3.05) is 10.6 Å². The van der Waals surface area contributed by atoms with Gasteiger partial charge in [-0.3, -0.25) is 9.78 Å². The van der Waals surface area contributed by atoms with Gasteiger partial charge in [0, 0.05) is 29.4 Å². The van der Waals surface area contributed by atoms with E-state index in [-0.39, 0.29) is 29.1 Å². The van der Waals surface area contributed by atoms with E-state index in [9.17, 15) is 9.18 Å². The van der Waals surface area contributed by atoms with Crippen molar-refractivity contribution in [3.05, 3.63) is 48.2 Å². The van der Waals surface area contributed by atoms with Gasteiger partial charge in [0.15, 0.2) is 17.3 Å². The smallest absolute Gasteiger partial charge is 0.271 e. The molecule has 1 aliphatic rings. The number of hydrogen-bond donors (Lipinski definition) is 4. The molecule has 2 aromatic heterocycles. The van der Waals surface area contributed by atoms with Gasteiger partial charge in [0.25, 0.3) is 5.91 Å². The molecule has 0 unspecified atom stereocenters. The van der Waals surface area contributed by atoms with Crippen LogP contribution in [-0.2, 0) is 0 Å². The summed E-state index contributed by atoms with van der Waals surface area (Å²) in [5.41, 5.74) is 12.3. The van der Waals surface area contributed by atoms with Crippen molar-refractivity contribution < 1.29 is 9.18 Å². The first-order valence-electron chi connectivity index (χ1n) is 9.51. The maximum absolute atomic E-state index is 14.4.